The van der Waals surface area contributed by atoms with Gasteiger partial charge in [-0.2, -0.15) is 0 Å². The molecule has 3 rings (SSSR count). The fourth-order valence-electron chi connectivity index (χ4n) is 2.59. The van der Waals surface area contributed by atoms with E-state index in [1.807, 2.05) is 19.1 Å². The molecule has 0 spiro atoms. The van der Waals surface area contributed by atoms with Gasteiger partial charge in [-0.05, 0) is 55.3 Å². The minimum absolute atomic E-state index is 0.819. The highest BCUT2D eigenvalue weighted by atomic mass is 79.9. The van der Waals surface area contributed by atoms with E-state index in [4.69, 9.17) is 10.7 Å². The van der Waals surface area contributed by atoms with Gasteiger partial charge in [-0.1, -0.05) is 22.9 Å². The van der Waals surface area contributed by atoms with Crippen LogP contribution in [0.3, 0.4) is 0 Å². The van der Waals surface area contributed by atoms with Crippen molar-refractivity contribution in [1.29, 1.82) is 0 Å². The van der Waals surface area contributed by atoms with Crippen molar-refractivity contribution in [3.63, 3.8) is 0 Å². The number of imidazole rings is 1. The highest BCUT2D eigenvalue weighted by molar-refractivity contribution is 9.10. The topological polar surface area (TPSA) is 43.8 Å². The Hall–Kier alpha value is -1.81. The first-order valence-electron chi connectivity index (χ1n) is 7.12. The fourth-order valence-corrected chi connectivity index (χ4v) is 2.94. The molecule has 0 aliphatic rings. The molecule has 0 bridgehead atoms. The summed E-state index contributed by atoms with van der Waals surface area (Å²) in [5.41, 5.74) is 11.1. The number of hydrogen-bond donors (Lipinski definition) is 1. The number of nitrogen functional groups attached to an aromatic ring is 1. The van der Waals surface area contributed by atoms with Gasteiger partial charge in [0.25, 0.3) is 0 Å². The maximum atomic E-state index is 5.93. The molecule has 0 saturated heterocycles. The Morgan fingerprint density at radius 2 is 2.00 bits per heavy atom. The Morgan fingerprint density at radius 3 is 2.71 bits per heavy atom. The van der Waals surface area contributed by atoms with Crippen molar-refractivity contribution in [1.82, 2.24) is 9.55 Å². The minimum Gasteiger partial charge on any atom is -0.399 e. The first-order valence-corrected chi connectivity index (χ1v) is 7.91. The number of nitrogens with zero attached hydrogens (tertiary/aromatic N) is 2. The molecule has 2 N–H and O–H groups in total. The quantitative estimate of drug-likeness (QED) is 0.696. The lowest BCUT2D eigenvalue weighted by molar-refractivity contribution is 0.704. The fraction of sp³-hybridized carbons (Fsp3) is 0.235. The molecule has 0 aliphatic heterocycles. The van der Waals surface area contributed by atoms with E-state index in [0.717, 1.165) is 45.6 Å². The summed E-state index contributed by atoms with van der Waals surface area (Å²) in [6.45, 7) is 5.17. The van der Waals surface area contributed by atoms with Crippen LogP contribution in [0.2, 0.25) is 0 Å². The van der Waals surface area contributed by atoms with Gasteiger partial charge in [0, 0.05) is 22.3 Å². The van der Waals surface area contributed by atoms with Crippen molar-refractivity contribution in [2.45, 2.75) is 26.8 Å². The van der Waals surface area contributed by atoms with Crippen LogP contribution in [-0.2, 0) is 6.54 Å². The van der Waals surface area contributed by atoms with Crippen molar-refractivity contribution in [2.75, 3.05) is 5.73 Å². The first kappa shape index (κ1) is 14.1. The zero-order valence-electron chi connectivity index (χ0n) is 12.2. The Morgan fingerprint density at radius 1 is 1.19 bits per heavy atom. The number of aryl methyl sites for hydroxylation is 2. The number of benzene rings is 2. The normalized spacial score (nSPS) is 11.2. The molecule has 4 heteroatoms. The second kappa shape index (κ2) is 5.53. The molecule has 0 saturated carbocycles. The van der Waals surface area contributed by atoms with Gasteiger partial charge >= 0.3 is 0 Å². The summed E-state index contributed by atoms with van der Waals surface area (Å²) in [5, 5.41) is 0. The third-order valence-electron chi connectivity index (χ3n) is 3.69. The van der Waals surface area contributed by atoms with E-state index in [-0.39, 0.29) is 0 Å². The van der Waals surface area contributed by atoms with E-state index in [1.54, 1.807) is 0 Å². The van der Waals surface area contributed by atoms with Crippen LogP contribution in [0.15, 0.2) is 40.9 Å². The molecule has 3 nitrogen and oxygen atoms in total. The Kier molecular flexibility index (Phi) is 3.72. The van der Waals surface area contributed by atoms with Crippen LogP contribution in [0.1, 0.15) is 18.9 Å². The average Bonchev–Trinajstić information content (AvgIpc) is 2.80. The van der Waals surface area contributed by atoms with Crippen LogP contribution in [0.25, 0.3) is 22.4 Å². The van der Waals surface area contributed by atoms with Crippen LogP contribution in [0.4, 0.5) is 5.69 Å². The Bertz CT molecular complexity index is 805. The molecule has 0 fully saturated rings. The van der Waals surface area contributed by atoms with E-state index in [0.29, 0.717) is 0 Å². The van der Waals surface area contributed by atoms with Crippen molar-refractivity contribution in [3.05, 3.63) is 46.4 Å². The lowest BCUT2D eigenvalue weighted by atomic mass is 10.1. The highest BCUT2D eigenvalue weighted by Crippen LogP contribution is 2.28. The molecular weight excluding hydrogens is 326 g/mol. The summed E-state index contributed by atoms with van der Waals surface area (Å²) in [6.07, 6.45) is 1.07. The van der Waals surface area contributed by atoms with Gasteiger partial charge in [0.1, 0.15) is 5.82 Å². The average molecular weight is 344 g/mol. The second-order valence-electron chi connectivity index (χ2n) is 5.29. The maximum Gasteiger partial charge on any atom is 0.141 e. The largest absolute Gasteiger partial charge is 0.399 e. The van der Waals surface area contributed by atoms with Crippen molar-refractivity contribution in [3.8, 4) is 11.4 Å². The summed E-state index contributed by atoms with van der Waals surface area (Å²) in [6, 6.07) is 12.4. The Balaban J connectivity index is 2.24. The molecule has 21 heavy (non-hydrogen) atoms. The summed E-state index contributed by atoms with van der Waals surface area (Å²) in [7, 11) is 0. The van der Waals surface area contributed by atoms with Gasteiger partial charge in [0.2, 0.25) is 0 Å². The zero-order chi connectivity index (χ0) is 15.0. The molecule has 1 aromatic heterocycles. The van der Waals surface area contributed by atoms with Crippen molar-refractivity contribution >= 4 is 32.7 Å². The molecule has 3 aromatic rings. The molecule has 0 amide bonds. The molecule has 0 unspecified atom stereocenters. The monoisotopic (exact) mass is 343 g/mol. The van der Waals surface area contributed by atoms with E-state index in [9.17, 15) is 0 Å². The highest BCUT2D eigenvalue weighted by Gasteiger charge is 2.13. The summed E-state index contributed by atoms with van der Waals surface area (Å²) >= 11 is 3.52. The van der Waals surface area contributed by atoms with E-state index in [1.165, 1.54) is 5.52 Å². The predicted molar refractivity (Wildman–Crippen MR) is 92.3 cm³/mol. The number of halogens is 1. The molecule has 0 atom stereocenters. The van der Waals surface area contributed by atoms with Crippen LogP contribution < -0.4 is 5.73 Å². The number of hydrogen-bond acceptors (Lipinski definition) is 2. The van der Waals surface area contributed by atoms with E-state index >= 15 is 0 Å². The third kappa shape index (κ3) is 2.56. The molecule has 0 radical (unpaired) electrons. The van der Waals surface area contributed by atoms with Crippen LogP contribution >= 0.6 is 15.9 Å². The smallest absolute Gasteiger partial charge is 0.141 e. The molecular formula is C17H18BrN3. The molecule has 1 heterocycles. The maximum absolute atomic E-state index is 5.93. The minimum atomic E-state index is 0.819. The molecule has 2 aromatic carbocycles. The molecule has 108 valence electrons. The number of rotatable bonds is 3. The third-order valence-corrected chi connectivity index (χ3v) is 4.18. The van der Waals surface area contributed by atoms with Gasteiger partial charge in [-0.3, -0.25) is 0 Å². The Labute approximate surface area is 132 Å². The van der Waals surface area contributed by atoms with Crippen LogP contribution in [-0.4, -0.2) is 9.55 Å². The van der Waals surface area contributed by atoms with Gasteiger partial charge < -0.3 is 10.3 Å². The lowest BCUT2D eigenvalue weighted by Gasteiger charge is -2.09. The van der Waals surface area contributed by atoms with Gasteiger partial charge in [0.05, 0.1) is 11.0 Å². The zero-order valence-corrected chi connectivity index (χ0v) is 13.8. The summed E-state index contributed by atoms with van der Waals surface area (Å²) in [5.74, 6) is 1.01. The molecule has 0 aliphatic carbocycles. The van der Waals surface area contributed by atoms with E-state index in [2.05, 4.69) is 51.7 Å². The number of fused-ring (bicyclic) bond motifs is 1. The van der Waals surface area contributed by atoms with Crippen LogP contribution in [0.5, 0.6) is 0 Å². The summed E-state index contributed by atoms with van der Waals surface area (Å²) < 4.78 is 3.34. The van der Waals surface area contributed by atoms with Crippen molar-refractivity contribution in [2.24, 2.45) is 0 Å². The number of nitrogens with two attached hydrogens (primary N) is 1. The first-order chi connectivity index (χ1) is 10.1. The number of aromatic nitrogens is 2. The predicted octanol–water partition coefficient (Wildman–Crippen LogP) is 4.77. The SMILES string of the molecule is CCCn1c(-c2ccc(N)c(C)c2)nc2cc(Br)ccc21. The van der Waals surface area contributed by atoms with Crippen molar-refractivity contribution < 1.29 is 0 Å². The summed E-state index contributed by atoms with van der Waals surface area (Å²) in [4.78, 5) is 4.83. The standard InChI is InChI=1S/C17H18BrN3/c1-3-8-21-16-7-5-13(18)10-15(16)20-17(21)12-4-6-14(19)11(2)9-12/h4-7,9-10H,3,8,19H2,1-2H3. The van der Waals surface area contributed by atoms with Gasteiger partial charge in [0.15, 0.2) is 0 Å². The van der Waals surface area contributed by atoms with Gasteiger partial charge in [-0.15, -0.1) is 0 Å². The van der Waals surface area contributed by atoms with Crippen LogP contribution in [0, 0.1) is 6.92 Å². The number of anilines is 1. The van der Waals surface area contributed by atoms with E-state index < -0.39 is 0 Å². The lowest BCUT2D eigenvalue weighted by Crippen LogP contribution is -2.00. The van der Waals surface area contributed by atoms with Gasteiger partial charge in [-0.25, -0.2) is 4.98 Å². The second-order valence-corrected chi connectivity index (χ2v) is 6.21.